The number of aliphatic hydroxyl groups excluding tert-OH is 1. The number of hydrogen-bond acceptors (Lipinski definition) is 5. The second-order valence-electron chi connectivity index (χ2n) is 13.8. The van der Waals surface area contributed by atoms with Crippen LogP contribution in [0.15, 0.2) is 114 Å². The first-order valence-corrected chi connectivity index (χ1v) is 17.3. The molecule has 0 saturated heterocycles. The van der Waals surface area contributed by atoms with Crippen LogP contribution in [0.4, 0.5) is 0 Å². The van der Waals surface area contributed by atoms with Gasteiger partial charge < -0.3 is 5.11 Å². The van der Waals surface area contributed by atoms with E-state index in [0.717, 1.165) is 49.1 Å². The summed E-state index contributed by atoms with van der Waals surface area (Å²) < 4.78 is 4.55. The topological polar surface area (TPSA) is 80.6 Å². The van der Waals surface area contributed by atoms with Gasteiger partial charge in [-0.3, -0.25) is 0 Å². The highest BCUT2D eigenvalue weighted by Crippen LogP contribution is 2.48. The van der Waals surface area contributed by atoms with Gasteiger partial charge in [-0.25, -0.2) is 19.0 Å². The fourth-order valence-corrected chi connectivity index (χ4v) is 6.65. The third-order valence-electron chi connectivity index (χ3n) is 10.2. The summed E-state index contributed by atoms with van der Waals surface area (Å²) in [5.74, 6) is 0. The minimum Gasteiger partial charge on any atom is -0.389 e. The summed E-state index contributed by atoms with van der Waals surface area (Å²) in [7, 11) is 0. The van der Waals surface area contributed by atoms with Gasteiger partial charge in [0.15, 0.2) is 11.3 Å². The Hall–Kier alpha value is -4.66. The van der Waals surface area contributed by atoms with E-state index in [-0.39, 0.29) is 0 Å². The first kappa shape index (κ1) is 30.7. The molecule has 48 heavy (non-hydrogen) atoms. The number of rotatable bonds is 6. The van der Waals surface area contributed by atoms with Crippen LogP contribution in [0.2, 0.25) is 0 Å². The van der Waals surface area contributed by atoms with E-state index in [1.807, 2.05) is 59.8 Å². The largest absolute Gasteiger partial charge is 0.389 e. The number of fused-ring (bicyclic) bond motifs is 2. The maximum absolute atomic E-state index is 9.86. The fourth-order valence-electron chi connectivity index (χ4n) is 6.27. The van der Waals surface area contributed by atoms with Gasteiger partial charge in [0, 0.05) is 41.5 Å². The molecule has 2 saturated carbocycles. The first-order chi connectivity index (χ1) is 23.2. The molecule has 1 N–H and O–H groups in total. The average Bonchev–Trinajstić information content (AvgIpc) is 3.97. The maximum Gasteiger partial charge on any atom is 0.169 e. The van der Waals surface area contributed by atoms with Crippen molar-refractivity contribution in [3.05, 3.63) is 131 Å². The van der Waals surface area contributed by atoms with Gasteiger partial charge in [0.05, 0.1) is 23.0 Å². The summed E-state index contributed by atoms with van der Waals surface area (Å²) in [5.41, 5.74) is 12.7. The average molecular weight is 698 g/mol. The highest BCUT2D eigenvalue weighted by atomic mass is 79.9. The molecule has 0 aliphatic heterocycles. The Kier molecular flexibility index (Phi) is 7.53. The Morgan fingerprint density at radius 3 is 1.71 bits per heavy atom. The van der Waals surface area contributed by atoms with Gasteiger partial charge in [-0.1, -0.05) is 80.6 Å². The quantitative estimate of drug-likeness (QED) is 0.187. The van der Waals surface area contributed by atoms with Crippen LogP contribution >= 0.6 is 15.9 Å². The highest BCUT2D eigenvalue weighted by molar-refractivity contribution is 9.10. The number of aromatic nitrogens is 6. The van der Waals surface area contributed by atoms with Crippen molar-refractivity contribution in [2.45, 2.75) is 63.4 Å². The van der Waals surface area contributed by atoms with Crippen molar-refractivity contribution < 1.29 is 5.11 Å². The molecular weight excluding hydrogens is 660 g/mol. The van der Waals surface area contributed by atoms with Crippen LogP contribution in [0.25, 0.3) is 44.7 Å². The SMILES string of the molecule is CC(O)c1cccc(-c2cnn3cc(-c4ccc(C5(C)CC5)cc4)cnc23)c1.CC1(c2ccc(-c3cnc4c(Br)cnn4c3)cc2)CC1. The Labute approximate surface area is 288 Å². The predicted molar refractivity (Wildman–Crippen MR) is 194 cm³/mol. The zero-order chi connectivity index (χ0) is 33.0. The Bertz CT molecular complexity index is 2260. The Morgan fingerprint density at radius 2 is 1.17 bits per heavy atom. The van der Waals surface area contributed by atoms with Crippen LogP contribution in [0.5, 0.6) is 0 Å². The van der Waals surface area contributed by atoms with Crippen molar-refractivity contribution in [1.82, 2.24) is 29.2 Å². The van der Waals surface area contributed by atoms with E-state index < -0.39 is 6.10 Å². The molecular formula is C40H37BrN6O. The van der Waals surface area contributed by atoms with Gasteiger partial charge in [-0.05, 0) is 98.8 Å². The van der Waals surface area contributed by atoms with Gasteiger partial charge in [0.25, 0.3) is 0 Å². The molecule has 2 aliphatic carbocycles. The molecule has 9 rings (SSSR count). The van der Waals surface area contributed by atoms with Crippen LogP contribution in [-0.2, 0) is 10.8 Å². The molecule has 0 amide bonds. The van der Waals surface area contributed by atoms with Crippen molar-refractivity contribution in [2.75, 3.05) is 0 Å². The first-order valence-electron chi connectivity index (χ1n) is 16.5. The summed E-state index contributed by atoms with van der Waals surface area (Å²) in [6, 6.07) is 25.6. The molecule has 0 spiro atoms. The van der Waals surface area contributed by atoms with Crippen molar-refractivity contribution >= 4 is 27.2 Å². The van der Waals surface area contributed by atoms with Crippen molar-refractivity contribution in [1.29, 1.82) is 0 Å². The molecule has 240 valence electrons. The summed E-state index contributed by atoms with van der Waals surface area (Å²) in [6.45, 7) is 6.43. The molecule has 1 unspecified atom stereocenters. The number of aliphatic hydroxyl groups is 1. The van der Waals surface area contributed by atoms with E-state index in [0.29, 0.717) is 10.8 Å². The molecule has 0 bridgehead atoms. The second kappa shape index (κ2) is 11.8. The van der Waals surface area contributed by atoms with Gasteiger partial charge >= 0.3 is 0 Å². The zero-order valence-corrected chi connectivity index (χ0v) is 28.9. The van der Waals surface area contributed by atoms with Crippen LogP contribution < -0.4 is 0 Å². The lowest BCUT2D eigenvalue weighted by molar-refractivity contribution is 0.199. The standard InChI is InChI=1S/C24H23N3O.C16H14BrN3/c1-16(28)18-4-3-5-19(12-18)22-14-26-27-15-20(13-25-23(22)27)17-6-8-21(9-7-17)24(2)10-11-24;1-16(6-7-16)13-4-2-11(3-5-13)12-8-18-15-14(17)9-19-20(15)10-12/h3-9,12-16,28H,10-11H2,1-2H3;2-5,8-10H,6-7H2,1H3. The van der Waals surface area contributed by atoms with E-state index in [1.165, 1.54) is 42.4 Å². The third-order valence-corrected chi connectivity index (χ3v) is 10.7. The van der Waals surface area contributed by atoms with E-state index in [1.54, 1.807) is 17.6 Å². The van der Waals surface area contributed by atoms with E-state index in [9.17, 15) is 5.11 Å². The smallest absolute Gasteiger partial charge is 0.169 e. The minimum absolute atomic E-state index is 0.387. The number of nitrogens with zero attached hydrogens (tertiary/aromatic N) is 6. The fraction of sp³-hybridized carbons (Fsp3) is 0.250. The van der Waals surface area contributed by atoms with E-state index in [4.69, 9.17) is 0 Å². The van der Waals surface area contributed by atoms with Gasteiger partial charge in [0.1, 0.15) is 0 Å². The highest BCUT2D eigenvalue weighted by Gasteiger charge is 2.39. The summed E-state index contributed by atoms with van der Waals surface area (Å²) >= 11 is 3.44. The molecule has 8 heteroatoms. The number of benzene rings is 3. The Morgan fingerprint density at radius 1 is 0.646 bits per heavy atom. The molecule has 4 heterocycles. The van der Waals surface area contributed by atoms with Crippen LogP contribution in [0.1, 0.15) is 69.2 Å². The van der Waals surface area contributed by atoms with Crippen molar-refractivity contribution in [3.63, 3.8) is 0 Å². The molecule has 4 aromatic heterocycles. The molecule has 2 fully saturated rings. The van der Waals surface area contributed by atoms with Crippen molar-refractivity contribution in [3.8, 4) is 33.4 Å². The molecule has 2 aliphatic rings. The lowest BCUT2D eigenvalue weighted by atomic mass is 9.96. The summed E-state index contributed by atoms with van der Waals surface area (Å²) in [4.78, 5) is 9.14. The van der Waals surface area contributed by atoms with Crippen LogP contribution in [0.3, 0.4) is 0 Å². The van der Waals surface area contributed by atoms with Gasteiger partial charge in [-0.2, -0.15) is 10.2 Å². The predicted octanol–water partition coefficient (Wildman–Crippen LogP) is 9.38. The molecule has 7 nitrogen and oxygen atoms in total. The van der Waals surface area contributed by atoms with Crippen LogP contribution in [-0.4, -0.2) is 34.3 Å². The monoisotopic (exact) mass is 696 g/mol. The second-order valence-corrected chi connectivity index (χ2v) is 14.7. The lowest BCUT2D eigenvalue weighted by Crippen LogP contribution is -1.99. The van der Waals surface area contributed by atoms with Gasteiger partial charge in [0.2, 0.25) is 0 Å². The van der Waals surface area contributed by atoms with Gasteiger partial charge in [-0.15, -0.1) is 0 Å². The molecule has 3 aromatic carbocycles. The molecule has 7 aromatic rings. The zero-order valence-electron chi connectivity index (χ0n) is 27.3. The van der Waals surface area contributed by atoms with E-state index in [2.05, 4.69) is 98.5 Å². The van der Waals surface area contributed by atoms with E-state index >= 15 is 0 Å². The van der Waals surface area contributed by atoms with Crippen LogP contribution in [0, 0.1) is 0 Å². The molecule has 1 atom stereocenters. The lowest BCUT2D eigenvalue weighted by Gasteiger charge is -2.10. The minimum atomic E-state index is -0.498. The maximum atomic E-state index is 9.86. The third kappa shape index (κ3) is 5.84. The number of halogens is 1. The molecule has 0 radical (unpaired) electrons. The summed E-state index contributed by atoms with van der Waals surface area (Å²) in [6.07, 6.45) is 16.1. The number of hydrogen-bond donors (Lipinski definition) is 1. The Balaban J connectivity index is 0.000000148. The normalized spacial score (nSPS) is 16.4. The summed E-state index contributed by atoms with van der Waals surface area (Å²) in [5, 5.41) is 18.7. The van der Waals surface area contributed by atoms with Crippen molar-refractivity contribution in [2.24, 2.45) is 0 Å².